The molecule has 21 heavy (non-hydrogen) atoms. The molecule has 0 bridgehead atoms. The van der Waals surface area contributed by atoms with Crippen LogP contribution in [0.5, 0.6) is 0 Å². The highest BCUT2D eigenvalue weighted by Gasteiger charge is 2.25. The Hall–Kier alpha value is -0.610. The predicted octanol–water partition coefficient (Wildman–Crippen LogP) is 3.38. The summed E-state index contributed by atoms with van der Waals surface area (Å²) in [5.74, 6) is -0.156. The quantitative estimate of drug-likeness (QED) is 0.453. The first-order chi connectivity index (χ1) is 9.80. The SMILES string of the molecule is CCCCCCCC[C@H](NC(C)CN)C(=O)OC(C)(C)C. The van der Waals surface area contributed by atoms with Gasteiger partial charge < -0.3 is 15.8 Å². The van der Waals surface area contributed by atoms with Crippen LogP contribution in [0.2, 0.25) is 0 Å². The van der Waals surface area contributed by atoms with E-state index in [4.69, 9.17) is 10.5 Å². The van der Waals surface area contributed by atoms with Crippen molar-refractivity contribution in [3.05, 3.63) is 0 Å². The summed E-state index contributed by atoms with van der Waals surface area (Å²) in [6.07, 6.45) is 8.16. The first kappa shape index (κ1) is 20.4. The van der Waals surface area contributed by atoms with Crippen LogP contribution in [0.25, 0.3) is 0 Å². The van der Waals surface area contributed by atoms with Crippen molar-refractivity contribution in [2.45, 2.75) is 97.2 Å². The van der Waals surface area contributed by atoms with Gasteiger partial charge >= 0.3 is 5.97 Å². The number of unbranched alkanes of at least 4 members (excludes halogenated alkanes) is 5. The maximum Gasteiger partial charge on any atom is 0.323 e. The molecule has 0 aromatic carbocycles. The molecular formula is C17H36N2O2. The van der Waals surface area contributed by atoms with E-state index in [2.05, 4.69) is 12.2 Å². The Morgan fingerprint density at radius 3 is 2.24 bits per heavy atom. The van der Waals surface area contributed by atoms with Gasteiger partial charge in [0.1, 0.15) is 11.6 Å². The molecule has 126 valence electrons. The van der Waals surface area contributed by atoms with Crippen molar-refractivity contribution in [3.8, 4) is 0 Å². The topological polar surface area (TPSA) is 64.3 Å². The van der Waals surface area contributed by atoms with Crippen molar-refractivity contribution in [1.29, 1.82) is 0 Å². The Morgan fingerprint density at radius 2 is 1.71 bits per heavy atom. The minimum atomic E-state index is -0.440. The zero-order valence-corrected chi connectivity index (χ0v) is 14.7. The van der Waals surface area contributed by atoms with E-state index < -0.39 is 5.60 Å². The molecule has 0 rings (SSSR count). The van der Waals surface area contributed by atoms with E-state index in [1.807, 2.05) is 27.7 Å². The molecule has 0 aliphatic rings. The third kappa shape index (κ3) is 11.7. The molecule has 0 amide bonds. The number of nitrogens with one attached hydrogen (secondary N) is 1. The van der Waals surface area contributed by atoms with Crippen molar-refractivity contribution >= 4 is 5.97 Å². The van der Waals surface area contributed by atoms with Gasteiger partial charge in [-0.3, -0.25) is 4.79 Å². The second-order valence-electron chi connectivity index (χ2n) is 6.95. The van der Waals surface area contributed by atoms with Gasteiger partial charge in [-0.1, -0.05) is 45.4 Å². The predicted molar refractivity (Wildman–Crippen MR) is 89.3 cm³/mol. The standard InChI is InChI=1S/C17H36N2O2/c1-6-7-8-9-10-11-12-15(19-14(2)13-18)16(20)21-17(3,4)5/h14-15,19H,6-13,18H2,1-5H3/t14?,15-/m0/s1. The molecule has 1 unspecified atom stereocenters. The normalized spacial score (nSPS) is 14.8. The fourth-order valence-corrected chi connectivity index (χ4v) is 2.18. The zero-order valence-electron chi connectivity index (χ0n) is 14.7. The molecule has 0 saturated carbocycles. The minimum absolute atomic E-state index is 0.127. The smallest absolute Gasteiger partial charge is 0.323 e. The summed E-state index contributed by atoms with van der Waals surface area (Å²) in [5, 5.41) is 3.29. The highest BCUT2D eigenvalue weighted by atomic mass is 16.6. The third-order valence-electron chi connectivity index (χ3n) is 3.38. The number of rotatable bonds is 11. The van der Waals surface area contributed by atoms with Crippen molar-refractivity contribution in [2.75, 3.05) is 6.54 Å². The molecule has 0 radical (unpaired) electrons. The Morgan fingerprint density at radius 1 is 1.14 bits per heavy atom. The molecule has 3 N–H and O–H groups in total. The first-order valence-corrected chi connectivity index (χ1v) is 8.49. The molecule has 0 heterocycles. The Labute approximate surface area is 131 Å². The van der Waals surface area contributed by atoms with Crippen molar-refractivity contribution in [2.24, 2.45) is 5.73 Å². The minimum Gasteiger partial charge on any atom is -0.459 e. The van der Waals surface area contributed by atoms with Crippen LogP contribution in [0.3, 0.4) is 0 Å². The van der Waals surface area contributed by atoms with E-state index in [-0.39, 0.29) is 18.1 Å². The molecular weight excluding hydrogens is 264 g/mol. The molecule has 2 atom stereocenters. The lowest BCUT2D eigenvalue weighted by atomic mass is 10.0. The largest absolute Gasteiger partial charge is 0.459 e. The molecule has 0 fully saturated rings. The lowest BCUT2D eigenvalue weighted by Gasteiger charge is -2.26. The molecule has 0 aromatic heterocycles. The summed E-state index contributed by atoms with van der Waals surface area (Å²) in [6, 6.07) is -0.114. The fraction of sp³-hybridized carbons (Fsp3) is 0.941. The van der Waals surface area contributed by atoms with Crippen molar-refractivity contribution in [3.63, 3.8) is 0 Å². The maximum absolute atomic E-state index is 12.3. The van der Waals surface area contributed by atoms with Crippen LogP contribution in [0.15, 0.2) is 0 Å². The second-order valence-corrected chi connectivity index (χ2v) is 6.95. The number of carbonyl (C=O) groups excluding carboxylic acids is 1. The van der Waals surface area contributed by atoms with E-state index >= 15 is 0 Å². The molecule has 4 heteroatoms. The number of hydrogen-bond acceptors (Lipinski definition) is 4. The van der Waals surface area contributed by atoms with Gasteiger partial charge in [-0.2, -0.15) is 0 Å². The van der Waals surface area contributed by atoms with Crippen molar-refractivity contribution in [1.82, 2.24) is 5.32 Å². The molecule has 4 nitrogen and oxygen atoms in total. The van der Waals surface area contributed by atoms with Gasteiger partial charge in [-0.15, -0.1) is 0 Å². The molecule has 0 aliphatic heterocycles. The van der Waals surface area contributed by atoms with E-state index in [0.29, 0.717) is 6.54 Å². The summed E-state index contributed by atoms with van der Waals surface area (Å²) >= 11 is 0. The Balaban J connectivity index is 4.23. The van der Waals surface area contributed by atoms with Gasteiger partial charge in [0, 0.05) is 12.6 Å². The monoisotopic (exact) mass is 300 g/mol. The van der Waals surface area contributed by atoms with Crippen LogP contribution < -0.4 is 11.1 Å². The average Bonchev–Trinajstić information content (AvgIpc) is 2.39. The van der Waals surface area contributed by atoms with Crippen LogP contribution in [0.4, 0.5) is 0 Å². The van der Waals surface area contributed by atoms with Gasteiger partial charge in [0.15, 0.2) is 0 Å². The highest BCUT2D eigenvalue weighted by Crippen LogP contribution is 2.13. The first-order valence-electron chi connectivity index (χ1n) is 8.49. The third-order valence-corrected chi connectivity index (χ3v) is 3.38. The van der Waals surface area contributed by atoms with Crippen LogP contribution in [0.1, 0.15) is 79.6 Å². The number of hydrogen-bond donors (Lipinski definition) is 2. The summed E-state index contributed by atoms with van der Waals surface area (Å²) in [7, 11) is 0. The number of nitrogens with two attached hydrogens (primary N) is 1. The van der Waals surface area contributed by atoms with Crippen LogP contribution >= 0.6 is 0 Å². The van der Waals surface area contributed by atoms with Gasteiger partial charge in [-0.25, -0.2) is 0 Å². The summed E-state index contributed by atoms with van der Waals surface area (Å²) in [6.45, 7) is 10.4. The van der Waals surface area contributed by atoms with Crippen LogP contribution in [-0.2, 0) is 9.53 Å². The Kier molecular flexibility index (Phi) is 10.7. The van der Waals surface area contributed by atoms with Gasteiger partial charge in [0.2, 0.25) is 0 Å². The lowest BCUT2D eigenvalue weighted by Crippen LogP contribution is -2.47. The van der Waals surface area contributed by atoms with Gasteiger partial charge in [-0.05, 0) is 34.1 Å². The maximum atomic E-state index is 12.3. The van der Waals surface area contributed by atoms with Gasteiger partial charge in [0.05, 0.1) is 0 Å². The van der Waals surface area contributed by atoms with Gasteiger partial charge in [0.25, 0.3) is 0 Å². The van der Waals surface area contributed by atoms with Crippen LogP contribution in [-0.4, -0.2) is 30.2 Å². The molecule has 0 aliphatic carbocycles. The fourth-order valence-electron chi connectivity index (χ4n) is 2.18. The summed E-state index contributed by atoms with van der Waals surface area (Å²) < 4.78 is 5.50. The van der Waals surface area contributed by atoms with E-state index in [1.165, 1.54) is 32.1 Å². The highest BCUT2D eigenvalue weighted by molar-refractivity contribution is 5.76. The van der Waals surface area contributed by atoms with E-state index in [0.717, 1.165) is 12.8 Å². The van der Waals surface area contributed by atoms with Crippen molar-refractivity contribution < 1.29 is 9.53 Å². The second kappa shape index (κ2) is 11.0. The molecule has 0 saturated heterocycles. The van der Waals surface area contributed by atoms with E-state index in [9.17, 15) is 4.79 Å². The lowest BCUT2D eigenvalue weighted by molar-refractivity contribution is -0.157. The number of ether oxygens (including phenoxy) is 1. The average molecular weight is 300 g/mol. The van der Waals surface area contributed by atoms with Crippen LogP contribution in [0, 0.1) is 0 Å². The molecule has 0 spiro atoms. The number of esters is 1. The summed E-state index contributed by atoms with van der Waals surface area (Å²) in [4.78, 5) is 12.3. The summed E-state index contributed by atoms with van der Waals surface area (Å²) in [5.41, 5.74) is 5.20. The van der Waals surface area contributed by atoms with E-state index in [1.54, 1.807) is 0 Å². The zero-order chi connectivity index (χ0) is 16.3. The number of carbonyl (C=O) groups is 1. The Bertz CT molecular complexity index is 274. The molecule has 0 aromatic rings.